The highest BCUT2D eigenvalue weighted by atomic mass is 79.9. The second-order valence-corrected chi connectivity index (χ2v) is 12.4. The summed E-state index contributed by atoms with van der Waals surface area (Å²) in [7, 11) is 0. The third-order valence-corrected chi connectivity index (χ3v) is 9.22. The largest absolute Gasteiger partial charge is 0.618 e. The molecule has 1 aromatic carbocycles. The number of aromatic nitrogens is 1. The zero-order chi connectivity index (χ0) is 26.3. The molecule has 11 heteroatoms. The van der Waals surface area contributed by atoms with Gasteiger partial charge in [-0.3, -0.25) is 9.69 Å². The van der Waals surface area contributed by atoms with Crippen molar-refractivity contribution in [1.29, 1.82) is 0 Å². The van der Waals surface area contributed by atoms with Gasteiger partial charge in [-0.1, -0.05) is 27.5 Å². The van der Waals surface area contributed by atoms with Crippen LogP contribution < -0.4 is 10.5 Å². The van der Waals surface area contributed by atoms with Crippen LogP contribution in [-0.4, -0.2) is 65.9 Å². The number of hydrogen-bond donors (Lipinski definition) is 1. The average Bonchev–Trinajstić information content (AvgIpc) is 3.02. The minimum Gasteiger partial charge on any atom is -0.618 e. The number of hydrogen-bond acceptors (Lipinski definition) is 4. The van der Waals surface area contributed by atoms with E-state index < -0.39 is 0 Å². The first-order chi connectivity index (χ1) is 17.7. The number of halogens is 3. The maximum Gasteiger partial charge on any atom is 0.314 e. The van der Waals surface area contributed by atoms with E-state index in [0.717, 1.165) is 61.7 Å². The summed E-state index contributed by atoms with van der Waals surface area (Å²) in [5.74, 6) is 0.440. The topological polar surface area (TPSA) is 96.8 Å². The number of carbonyl (C=O) groups is 2. The molecule has 3 aliphatic rings. The second-order valence-electron chi connectivity index (χ2n) is 10.1. The average molecular weight is 656 g/mol. The Morgan fingerprint density at radius 3 is 2.35 bits per heavy atom. The summed E-state index contributed by atoms with van der Waals surface area (Å²) in [5, 5.41) is 13.9. The standard InChI is InChI=1S/C26H30Br2ClN5O3/c27-19-12-18-2-1-17-13-20(29)14-21(28)23(17)25(24(18)34(37)15-19)32-9-7-31(8-10-32)22(35)11-16-3-5-33(6-4-16)26(30)36/h12-16,25H,1-11H2,(H2,30,36)/t25-/m1/s1. The fourth-order valence-corrected chi connectivity index (χ4v) is 7.53. The molecule has 2 N–H and O–H groups in total. The Bertz CT molecular complexity index is 1150. The maximum absolute atomic E-state index is 13.3. The second kappa shape index (κ2) is 11.1. The lowest BCUT2D eigenvalue weighted by Crippen LogP contribution is -2.52. The van der Waals surface area contributed by atoms with Crippen LogP contribution in [-0.2, 0) is 17.6 Å². The molecule has 1 aromatic heterocycles. The third-order valence-electron chi connectivity index (χ3n) is 7.92. The number of likely N-dealkylation sites (tertiary alicyclic amines) is 1. The van der Waals surface area contributed by atoms with E-state index in [4.69, 9.17) is 17.3 Å². The van der Waals surface area contributed by atoms with E-state index in [1.165, 1.54) is 0 Å². The summed E-state index contributed by atoms with van der Waals surface area (Å²) < 4.78 is 2.66. The number of piperazine rings is 1. The summed E-state index contributed by atoms with van der Waals surface area (Å²) >= 11 is 13.6. The summed E-state index contributed by atoms with van der Waals surface area (Å²) in [5.41, 5.74) is 9.36. The molecular weight excluding hydrogens is 626 g/mol. The van der Waals surface area contributed by atoms with Gasteiger partial charge in [0.1, 0.15) is 6.04 Å². The fraction of sp³-hybridized carbons (Fsp3) is 0.500. The number of carbonyl (C=O) groups excluding carboxylic acids is 2. The number of nitrogens with two attached hydrogens (primary N) is 1. The van der Waals surface area contributed by atoms with Crippen molar-refractivity contribution in [3.63, 3.8) is 0 Å². The summed E-state index contributed by atoms with van der Waals surface area (Å²) in [6.07, 6.45) is 5.23. The molecule has 0 saturated carbocycles. The van der Waals surface area contributed by atoms with E-state index in [2.05, 4.69) is 36.8 Å². The first kappa shape index (κ1) is 26.7. The Balaban J connectivity index is 1.34. The van der Waals surface area contributed by atoms with Gasteiger partial charge < -0.3 is 20.7 Å². The van der Waals surface area contributed by atoms with Crippen LogP contribution >= 0.6 is 43.5 Å². The lowest BCUT2D eigenvalue weighted by Gasteiger charge is -2.40. The van der Waals surface area contributed by atoms with Crippen LogP contribution in [0.2, 0.25) is 5.02 Å². The van der Waals surface area contributed by atoms with Gasteiger partial charge in [0.05, 0.1) is 4.47 Å². The predicted molar refractivity (Wildman–Crippen MR) is 148 cm³/mol. The molecule has 2 fully saturated rings. The number of piperidine rings is 1. The van der Waals surface area contributed by atoms with Crippen LogP contribution in [0.5, 0.6) is 0 Å². The monoisotopic (exact) mass is 653 g/mol. The number of fused-ring (bicyclic) bond motifs is 2. The molecule has 2 saturated heterocycles. The van der Waals surface area contributed by atoms with Crippen LogP contribution in [0.15, 0.2) is 33.3 Å². The Labute approximate surface area is 238 Å². The van der Waals surface area contributed by atoms with Crippen molar-refractivity contribution in [3.8, 4) is 0 Å². The van der Waals surface area contributed by atoms with E-state index in [0.29, 0.717) is 50.7 Å². The van der Waals surface area contributed by atoms with Gasteiger partial charge in [0.25, 0.3) is 0 Å². The number of rotatable bonds is 3. The number of pyridine rings is 1. The molecule has 0 radical (unpaired) electrons. The Morgan fingerprint density at radius 1 is 1.00 bits per heavy atom. The summed E-state index contributed by atoms with van der Waals surface area (Å²) in [4.78, 5) is 30.4. The van der Waals surface area contributed by atoms with Crippen molar-refractivity contribution < 1.29 is 14.3 Å². The van der Waals surface area contributed by atoms with Crippen LogP contribution in [0.25, 0.3) is 0 Å². The van der Waals surface area contributed by atoms with Crippen LogP contribution in [0.3, 0.4) is 0 Å². The van der Waals surface area contributed by atoms with E-state index in [1.807, 2.05) is 23.1 Å². The molecule has 0 bridgehead atoms. The van der Waals surface area contributed by atoms with Crippen molar-refractivity contribution in [2.24, 2.45) is 11.7 Å². The number of amides is 3. The molecule has 2 aromatic rings. The normalized spacial score (nSPS) is 20.8. The quantitative estimate of drug-likeness (QED) is 0.400. The predicted octanol–water partition coefficient (Wildman–Crippen LogP) is 4.01. The molecule has 3 amide bonds. The van der Waals surface area contributed by atoms with Crippen LogP contribution in [0.4, 0.5) is 4.79 Å². The first-order valence-corrected chi connectivity index (χ1v) is 14.6. The van der Waals surface area contributed by atoms with E-state index in [-0.39, 0.29) is 23.9 Å². The van der Waals surface area contributed by atoms with Gasteiger partial charge in [-0.25, -0.2) is 4.79 Å². The molecule has 1 aliphatic carbocycles. The SMILES string of the molecule is NC(=O)N1CCC(CC(=O)N2CCN([C@@H]3c4c(Br)cc(Cl)cc4CCc4cc(Br)c[n+]([O-])c43)CC2)CC1. The van der Waals surface area contributed by atoms with Crippen molar-refractivity contribution in [2.45, 2.75) is 38.1 Å². The van der Waals surface area contributed by atoms with Gasteiger partial charge >= 0.3 is 6.03 Å². The van der Waals surface area contributed by atoms with E-state index in [9.17, 15) is 14.8 Å². The Hall–Kier alpha value is -1.88. The lowest BCUT2D eigenvalue weighted by atomic mass is 9.93. The molecule has 2 aliphatic heterocycles. The minimum atomic E-state index is -0.386. The highest BCUT2D eigenvalue weighted by Gasteiger charge is 2.39. The number of nitrogens with zero attached hydrogens (tertiary/aromatic N) is 4. The van der Waals surface area contributed by atoms with Gasteiger partial charge in [0.2, 0.25) is 11.6 Å². The van der Waals surface area contributed by atoms with Crippen LogP contribution in [0, 0.1) is 11.1 Å². The zero-order valence-electron chi connectivity index (χ0n) is 20.5. The highest BCUT2D eigenvalue weighted by molar-refractivity contribution is 9.10. The highest BCUT2D eigenvalue weighted by Crippen LogP contribution is 2.41. The van der Waals surface area contributed by atoms with Gasteiger partial charge in [0.15, 0.2) is 6.20 Å². The smallest absolute Gasteiger partial charge is 0.314 e. The molecule has 0 spiro atoms. The first-order valence-electron chi connectivity index (χ1n) is 12.7. The van der Waals surface area contributed by atoms with Gasteiger partial charge in [0, 0.05) is 60.7 Å². The molecule has 8 nitrogen and oxygen atoms in total. The van der Waals surface area contributed by atoms with Crippen LogP contribution in [0.1, 0.15) is 47.7 Å². The fourth-order valence-electron chi connectivity index (χ4n) is 5.97. The molecule has 5 rings (SSSR count). The third kappa shape index (κ3) is 5.62. The van der Waals surface area contributed by atoms with Crippen molar-refractivity contribution in [1.82, 2.24) is 14.7 Å². The number of aryl methyl sites for hydroxylation is 2. The molecule has 1 atom stereocenters. The molecule has 37 heavy (non-hydrogen) atoms. The molecule has 3 heterocycles. The van der Waals surface area contributed by atoms with Crippen molar-refractivity contribution in [2.75, 3.05) is 39.3 Å². The Morgan fingerprint density at radius 2 is 1.68 bits per heavy atom. The number of urea groups is 1. The van der Waals surface area contributed by atoms with Crippen molar-refractivity contribution in [3.05, 3.63) is 66.0 Å². The Kier molecular flexibility index (Phi) is 8.00. The lowest BCUT2D eigenvalue weighted by molar-refractivity contribution is -0.617. The molecular formula is C26H30Br2ClN5O3. The van der Waals surface area contributed by atoms with E-state index >= 15 is 0 Å². The minimum absolute atomic E-state index is 0.162. The van der Waals surface area contributed by atoms with E-state index in [1.54, 1.807) is 11.1 Å². The zero-order valence-corrected chi connectivity index (χ0v) is 24.4. The van der Waals surface area contributed by atoms with Gasteiger partial charge in [-0.05, 0) is 76.9 Å². The number of benzene rings is 1. The van der Waals surface area contributed by atoms with Crippen molar-refractivity contribution >= 4 is 55.4 Å². The summed E-state index contributed by atoms with van der Waals surface area (Å²) in [6, 6.07) is 5.33. The molecule has 198 valence electrons. The summed E-state index contributed by atoms with van der Waals surface area (Å²) in [6.45, 7) is 3.79. The van der Waals surface area contributed by atoms with Gasteiger partial charge in [-0.2, -0.15) is 4.73 Å². The number of primary amides is 1. The maximum atomic E-state index is 13.3. The molecule has 0 unspecified atom stereocenters. The van der Waals surface area contributed by atoms with Gasteiger partial charge in [-0.15, -0.1) is 0 Å².